The summed E-state index contributed by atoms with van der Waals surface area (Å²) >= 11 is 3.23. The van der Waals surface area contributed by atoms with Crippen molar-refractivity contribution < 1.29 is 9.53 Å². The number of ether oxygens (including phenoxy) is 1. The van der Waals surface area contributed by atoms with Crippen LogP contribution < -0.4 is 0 Å². The van der Waals surface area contributed by atoms with E-state index in [1.54, 1.807) is 0 Å². The zero-order valence-corrected chi connectivity index (χ0v) is 9.06. The van der Waals surface area contributed by atoms with Gasteiger partial charge in [-0.05, 0) is 43.1 Å². The Balaban J connectivity index is 3.88. The van der Waals surface area contributed by atoms with Crippen molar-refractivity contribution in [3.05, 3.63) is 0 Å². The van der Waals surface area contributed by atoms with Crippen LogP contribution in [0, 0.1) is 5.41 Å². The van der Waals surface area contributed by atoms with Gasteiger partial charge in [0.1, 0.15) is 0 Å². The zero-order chi connectivity index (χ0) is 9.07. The molecule has 1 atom stereocenters. The lowest BCUT2D eigenvalue weighted by atomic mass is 9.97. The van der Waals surface area contributed by atoms with Crippen molar-refractivity contribution in [3.8, 4) is 0 Å². The van der Waals surface area contributed by atoms with E-state index in [4.69, 9.17) is 4.74 Å². The summed E-state index contributed by atoms with van der Waals surface area (Å²) in [6.07, 6.45) is 0.793. The van der Waals surface area contributed by atoms with Gasteiger partial charge in [0.2, 0.25) is 0 Å². The first kappa shape index (κ1) is 11.0. The van der Waals surface area contributed by atoms with Crippen LogP contribution in [0.15, 0.2) is 0 Å². The molecule has 0 radical (unpaired) electrons. The number of halogens is 1. The Hall–Kier alpha value is -0.0500. The second kappa shape index (κ2) is 4.10. The largest absolute Gasteiger partial charge is 0.450 e. The molecule has 1 unspecified atom stereocenters. The Morgan fingerprint density at radius 1 is 1.55 bits per heavy atom. The van der Waals surface area contributed by atoms with Gasteiger partial charge in [-0.25, -0.2) is 0 Å². The van der Waals surface area contributed by atoms with E-state index in [9.17, 15) is 4.79 Å². The first-order valence-corrected chi connectivity index (χ1v) is 4.64. The van der Waals surface area contributed by atoms with Crippen LogP contribution in [0.4, 0.5) is 0 Å². The molecule has 0 aliphatic carbocycles. The van der Waals surface area contributed by atoms with Crippen LogP contribution in [0.5, 0.6) is 0 Å². The summed E-state index contributed by atoms with van der Waals surface area (Å²) in [6.45, 7) is 7.47. The number of rotatable bonds is 2. The molecule has 0 N–H and O–H groups in total. The second-order valence-corrected chi connectivity index (χ2v) is 4.49. The quantitative estimate of drug-likeness (QED) is 0.531. The fraction of sp³-hybridized carbons (Fsp3) is 0.875. The molecular formula is C8H15BrO2. The minimum atomic E-state index is -0.402. The predicted octanol–water partition coefficient (Wildman–Crippen LogP) is 2.71. The number of esters is 1. The van der Waals surface area contributed by atoms with Crippen LogP contribution >= 0.6 is 15.9 Å². The summed E-state index contributed by atoms with van der Waals surface area (Å²) in [7, 11) is 0. The molecule has 0 aromatic carbocycles. The predicted molar refractivity (Wildman–Crippen MR) is 48.6 cm³/mol. The van der Waals surface area contributed by atoms with E-state index in [1.165, 1.54) is 0 Å². The summed E-state index contributed by atoms with van der Waals surface area (Å²) in [4.78, 5) is 11.2. The van der Waals surface area contributed by atoms with E-state index in [0.717, 1.165) is 6.42 Å². The highest BCUT2D eigenvalue weighted by molar-refractivity contribution is 9.09. The molecule has 66 valence electrons. The van der Waals surface area contributed by atoms with E-state index in [0.29, 0.717) is 0 Å². The van der Waals surface area contributed by atoms with Crippen molar-refractivity contribution in [1.29, 1.82) is 0 Å². The third kappa shape index (κ3) is 4.40. The molecule has 0 rings (SSSR count). The van der Waals surface area contributed by atoms with Crippen LogP contribution in [0.2, 0.25) is 0 Å². The third-order valence-electron chi connectivity index (χ3n) is 1.17. The Bertz CT molecular complexity index is 138. The third-order valence-corrected chi connectivity index (χ3v) is 2.00. The first-order valence-electron chi connectivity index (χ1n) is 3.73. The molecule has 0 bridgehead atoms. The highest BCUT2D eigenvalue weighted by Crippen LogP contribution is 2.18. The summed E-state index contributed by atoms with van der Waals surface area (Å²) in [5.41, 5.74) is -0.402. The van der Waals surface area contributed by atoms with Gasteiger partial charge in [0.05, 0.1) is 5.41 Å². The molecule has 0 saturated carbocycles. The Morgan fingerprint density at radius 2 is 2.00 bits per heavy atom. The molecule has 0 spiro atoms. The number of hydrogen-bond acceptors (Lipinski definition) is 2. The standard InChI is InChI=1S/C8H15BrO2/c1-5-6(9)11-7(10)8(2,3)4/h6H,5H2,1-4H3. The van der Waals surface area contributed by atoms with Gasteiger partial charge >= 0.3 is 5.97 Å². The topological polar surface area (TPSA) is 26.3 Å². The minimum Gasteiger partial charge on any atom is -0.450 e. The number of carbonyl (C=O) groups excluding carboxylic acids is 1. The SMILES string of the molecule is CCC(Br)OC(=O)C(C)(C)C. The fourth-order valence-electron chi connectivity index (χ4n) is 0.376. The van der Waals surface area contributed by atoms with E-state index in [-0.39, 0.29) is 11.0 Å². The maximum absolute atomic E-state index is 11.2. The zero-order valence-electron chi connectivity index (χ0n) is 7.48. The highest BCUT2D eigenvalue weighted by Gasteiger charge is 2.24. The summed E-state index contributed by atoms with van der Waals surface area (Å²) < 4.78 is 5.04. The fourth-order valence-corrected chi connectivity index (χ4v) is 0.546. The van der Waals surface area contributed by atoms with E-state index < -0.39 is 5.41 Å². The highest BCUT2D eigenvalue weighted by atomic mass is 79.9. The van der Waals surface area contributed by atoms with Gasteiger partial charge in [0, 0.05) is 0 Å². The Morgan fingerprint density at radius 3 is 2.27 bits per heavy atom. The number of alkyl halides is 1. The van der Waals surface area contributed by atoms with Crippen molar-refractivity contribution in [2.45, 2.75) is 39.1 Å². The van der Waals surface area contributed by atoms with Crippen LogP contribution in [-0.4, -0.2) is 11.0 Å². The van der Waals surface area contributed by atoms with Gasteiger partial charge in [-0.3, -0.25) is 4.79 Å². The minimum absolute atomic E-state index is 0.144. The van der Waals surface area contributed by atoms with Crippen LogP contribution in [0.1, 0.15) is 34.1 Å². The summed E-state index contributed by atoms with van der Waals surface area (Å²) in [6, 6.07) is 0. The molecule has 0 fully saturated rings. The van der Waals surface area contributed by atoms with Gasteiger partial charge in [0.15, 0.2) is 5.01 Å². The lowest BCUT2D eigenvalue weighted by Gasteiger charge is -2.18. The molecule has 2 nitrogen and oxygen atoms in total. The van der Waals surface area contributed by atoms with Crippen molar-refractivity contribution in [2.24, 2.45) is 5.41 Å². The lowest BCUT2D eigenvalue weighted by Crippen LogP contribution is -2.25. The monoisotopic (exact) mass is 222 g/mol. The first-order chi connectivity index (χ1) is 4.88. The Kier molecular flexibility index (Phi) is 4.08. The van der Waals surface area contributed by atoms with Crippen LogP contribution in [0.3, 0.4) is 0 Å². The molecule has 0 aliphatic rings. The van der Waals surface area contributed by atoms with E-state index in [1.807, 2.05) is 27.7 Å². The van der Waals surface area contributed by atoms with E-state index in [2.05, 4.69) is 15.9 Å². The molecule has 3 heteroatoms. The normalized spacial score (nSPS) is 14.3. The average molecular weight is 223 g/mol. The van der Waals surface area contributed by atoms with Crippen molar-refractivity contribution in [1.82, 2.24) is 0 Å². The molecule has 11 heavy (non-hydrogen) atoms. The molecule has 0 aromatic rings. The molecule has 0 aliphatic heterocycles. The van der Waals surface area contributed by atoms with Gasteiger partial charge in [-0.1, -0.05) is 6.92 Å². The van der Waals surface area contributed by atoms with Crippen molar-refractivity contribution in [2.75, 3.05) is 0 Å². The van der Waals surface area contributed by atoms with Gasteiger partial charge < -0.3 is 4.74 Å². The van der Waals surface area contributed by atoms with Crippen molar-refractivity contribution in [3.63, 3.8) is 0 Å². The molecule has 0 saturated heterocycles. The smallest absolute Gasteiger partial charge is 0.312 e. The van der Waals surface area contributed by atoms with Crippen LogP contribution in [-0.2, 0) is 9.53 Å². The molecular weight excluding hydrogens is 208 g/mol. The van der Waals surface area contributed by atoms with Gasteiger partial charge in [0.25, 0.3) is 0 Å². The lowest BCUT2D eigenvalue weighted by molar-refractivity contribution is -0.154. The van der Waals surface area contributed by atoms with Crippen molar-refractivity contribution >= 4 is 21.9 Å². The van der Waals surface area contributed by atoms with Crippen LogP contribution in [0.25, 0.3) is 0 Å². The number of hydrogen-bond donors (Lipinski definition) is 0. The van der Waals surface area contributed by atoms with E-state index >= 15 is 0 Å². The maximum Gasteiger partial charge on any atom is 0.312 e. The van der Waals surface area contributed by atoms with Gasteiger partial charge in [-0.15, -0.1) is 0 Å². The Labute approximate surface area is 76.4 Å². The molecule has 0 heterocycles. The molecule has 0 amide bonds. The summed E-state index contributed by atoms with van der Waals surface area (Å²) in [5.74, 6) is -0.166. The van der Waals surface area contributed by atoms with Gasteiger partial charge in [-0.2, -0.15) is 0 Å². The maximum atomic E-state index is 11.2. The number of carbonyl (C=O) groups is 1. The average Bonchev–Trinajstić information content (AvgIpc) is 1.85. The summed E-state index contributed by atoms with van der Waals surface area (Å²) in [5, 5.41) is -0.144. The molecule has 0 aromatic heterocycles. The second-order valence-electron chi connectivity index (χ2n) is 3.47.